The normalized spacial score (nSPS) is 13.6. The van der Waals surface area contributed by atoms with Crippen LogP contribution in [0.2, 0.25) is 0 Å². The summed E-state index contributed by atoms with van der Waals surface area (Å²) in [5.74, 6) is 0. The zero-order valence-electron chi connectivity index (χ0n) is 15.9. The van der Waals surface area contributed by atoms with Crippen molar-refractivity contribution >= 4 is 49.3 Å². The van der Waals surface area contributed by atoms with Gasteiger partial charge in [-0.25, -0.2) is 8.42 Å². The number of fused-ring (bicyclic) bond motifs is 2. The number of benzene rings is 2. The molecule has 10 heteroatoms. The number of anilines is 4. The SMILES string of the molecule is CS(=O)(=O)c1ccncc1C1=CNc2cc(N)ccc2N1c1ccc2[nH]nnc2c1. The lowest BCUT2D eigenvalue weighted by Crippen LogP contribution is -2.23. The first-order chi connectivity index (χ1) is 14.4. The van der Waals surface area contributed by atoms with Crippen LogP contribution in [0.4, 0.5) is 22.7 Å². The van der Waals surface area contributed by atoms with E-state index in [1.54, 1.807) is 18.5 Å². The van der Waals surface area contributed by atoms with Crippen molar-refractivity contribution in [3.8, 4) is 0 Å². The van der Waals surface area contributed by atoms with Crippen LogP contribution in [-0.4, -0.2) is 35.1 Å². The Labute approximate surface area is 172 Å². The summed E-state index contributed by atoms with van der Waals surface area (Å²) in [5, 5.41) is 14.0. The average molecular weight is 419 g/mol. The highest BCUT2D eigenvalue weighted by Crippen LogP contribution is 2.44. The Kier molecular flexibility index (Phi) is 3.97. The molecule has 1 aliphatic rings. The maximum atomic E-state index is 12.4. The fourth-order valence-corrected chi connectivity index (χ4v) is 4.41. The summed E-state index contributed by atoms with van der Waals surface area (Å²) in [6.45, 7) is 0. The van der Waals surface area contributed by atoms with Gasteiger partial charge in [0.15, 0.2) is 9.84 Å². The van der Waals surface area contributed by atoms with Crippen LogP contribution in [0, 0.1) is 0 Å². The van der Waals surface area contributed by atoms with Crippen molar-refractivity contribution in [2.45, 2.75) is 4.90 Å². The second kappa shape index (κ2) is 6.56. The zero-order valence-corrected chi connectivity index (χ0v) is 16.7. The minimum atomic E-state index is -3.48. The Bertz CT molecular complexity index is 1430. The molecule has 2 aromatic heterocycles. The van der Waals surface area contributed by atoms with Gasteiger partial charge < -0.3 is 16.0 Å². The van der Waals surface area contributed by atoms with Gasteiger partial charge in [-0.1, -0.05) is 5.21 Å². The molecule has 0 saturated heterocycles. The fourth-order valence-electron chi connectivity index (χ4n) is 3.55. The van der Waals surface area contributed by atoms with Crippen LogP contribution < -0.4 is 16.0 Å². The van der Waals surface area contributed by atoms with E-state index in [0.29, 0.717) is 22.5 Å². The molecular formula is C20H17N7O2S. The van der Waals surface area contributed by atoms with Gasteiger partial charge in [-0.2, -0.15) is 0 Å². The van der Waals surface area contributed by atoms with Gasteiger partial charge >= 0.3 is 0 Å². The van der Waals surface area contributed by atoms with E-state index in [2.05, 4.69) is 25.7 Å². The van der Waals surface area contributed by atoms with E-state index >= 15 is 0 Å². The van der Waals surface area contributed by atoms with E-state index in [4.69, 9.17) is 5.73 Å². The smallest absolute Gasteiger partial charge is 0.176 e. The molecule has 30 heavy (non-hydrogen) atoms. The maximum Gasteiger partial charge on any atom is 0.176 e. The van der Waals surface area contributed by atoms with Crippen LogP contribution in [0.3, 0.4) is 0 Å². The number of sulfone groups is 1. The number of aromatic nitrogens is 4. The van der Waals surface area contributed by atoms with E-state index in [0.717, 1.165) is 22.6 Å². The van der Waals surface area contributed by atoms with Crippen LogP contribution in [0.5, 0.6) is 0 Å². The van der Waals surface area contributed by atoms with Crippen molar-refractivity contribution in [3.63, 3.8) is 0 Å². The van der Waals surface area contributed by atoms with Gasteiger partial charge in [0.25, 0.3) is 0 Å². The van der Waals surface area contributed by atoms with Crippen molar-refractivity contribution in [1.29, 1.82) is 0 Å². The quantitative estimate of drug-likeness (QED) is 0.432. The van der Waals surface area contributed by atoms with Crippen molar-refractivity contribution in [2.75, 3.05) is 22.2 Å². The highest BCUT2D eigenvalue weighted by molar-refractivity contribution is 7.90. The van der Waals surface area contributed by atoms with Gasteiger partial charge in [-0.3, -0.25) is 10.1 Å². The third kappa shape index (κ3) is 2.94. The van der Waals surface area contributed by atoms with Crippen molar-refractivity contribution in [1.82, 2.24) is 20.4 Å². The number of hydrogen-bond donors (Lipinski definition) is 3. The number of nitrogens with one attached hydrogen (secondary N) is 2. The molecule has 0 amide bonds. The molecule has 9 nitrogen and oxygen atoms in total. The molecule has 0 unspecified atom stereocenters. The van der Waals surface area contributed by atoms with Crippen molar-refractivity contribution < 1.29 is 8.42 Å². The molecule has 0 atom stereocenters. The van der Waals surface area contributed by atoms with Gasteiger partial charge in [-0.05, 0) is 42.5 Å². The fraction of sp³-hybridized carbons (Fsp3) is 0.0500. The van der Waals surface area contributed by atoms with E-state index in [1.165, 1.54) is 18.5 Å². The molecular weight excluding hydrogens is 402 g/mol. The first-order valence-corrected chi connectivity index (χ1v) is 10.9. The standard InChI is InChI=1S/C20H17N7O2S/c1-30(28,29)20-6-7-22-10-14(20)19-11-23-17-8-12(21)2-5-18(17)27(19)13-3-4-15-16(9-13)25-26-24-15/h2-11,23H,21H2,1H3,(H,24,25,26). The lowest BCUT2D eigenvalue weighted by molar-refractivity contribution is 0.601. The Balaban J connectivity index is 1.76. The highest BCUT2D eigenvalue weighted by atomic mass is 32.2. The largest absolute Gasteiger partial charge is 0.399 e. The highest BCUT2D eigenvalue weighted by Gasteiger charge is 2.27. The van der Waals surface area contributed by atoms with Gasteiger partial charge in [0.05, 0.1) is 27.5 Å². The third-order valence-electron chi connectivity index (χ3n) is 4.89. The Morgan fingerprint density at radius 2 is 1.97 bits per heavy atom. The van der Waals surface area contributed by atoms with Crippen molar-refractivity contribution in [2.24, 2.45) is 0 Å². The second-order valence-electron chi connectivity index (χ2n) is 6.94. The summed E-state index contributed by atoms with van der Waals surface area (Å²) in [6, 6.07) is 12.7. The molecule has 5 rings (SSSR count). The number of pyridine rings is 1. The first-order valence-electron chi connectivity index (χ1n) is 9.03. The molecule has 0 saturated carbocycles. The summed E-state index contributed by atoms with van der Waals surface area (Å²) >= 11 is 0. The Morgan fingerprint density at radius 1 is 1.10 bits per heavy atom. The van der Waals surface area contributed by atoms with Crippen LogP contribution in [-0.2, 0) is 9.84 Å². The summed E-state index contributed by atoms with van der Waals surface area (Å²) in [4.78, 5) is 6.31. The van der Waals surface area contributed by atoms with E-state index in [-0.39, 0.29) is 4.90 Å². The summed E-state index contributed by atoms with van der Waals surface area (Å²) in [6.07, 6.45) is 5.95. The van der Waals surface area contributed by atoms with E-state index in [1.807, 2.05) is 35.2 Å². The van der Waals surface area contributed by atoms with Crippen LogP contribution in [0.1, 0.15) is 5.56 Å². The van der Waals surface area contributed by atoms with Crippen LogP contribution in [0.15, 0.2) is 66.0 Å². The second-order valence-corrected chi connectivity index (χ2v) is 8.93. The molecule has 0 spiro atoms. The molecule has 0 aliphatic carbocycles. The summed E-state index contributed by atoms with van der Waals surface area (Å²) < 4.78 is 24.9. The van der Waals surface area contributed by atoms with Crippen LogP contribution >= 0.6 is 0 Å². The minimum Gasteiger partial charge on any atom is -0.399 e. The number of nitrogens with zero attached hydrogens (tertiary/aromatic N) is 4. The molecule has 0 fully saturated rings. The molecule has 4 aromatic rings. The molecule has 0 radical (unpaired) electrons. The predicted octanol–water partition coefficient (Wildman–Crippen LogP) is 2.90. The third-order valence-corrected chi connectivity index (χ3v) is 6.05. The Hall–Kier alpha value is -3.92. The molecule has 4 N–H and O–H groups in total. The number of nitrogen functional groups attached to an aromatic ring is 1. The maximum absolute atomic E-state index is 12.4. The summed E-state index contributed by atoms with van der Waals surface area (Å²) in [5.41, 5.74) is 11.6. The predicted molar refractivity (Wildman–Crippen MR) is 116 cm³/mol. The lowest BCUT2D eigenvalue weighted by atomic mass is 10.1. The molecule has 1 aliphatic heterocycles. The molecule has 3 heterocycles. The lowest BCUT2D eigenvalue weighted by Gasteiger charge is -2.33. The van der Waals surface area contributed by atoms with E-state index in [9.17, 15) is 8.42 Å². The number of hydrogen-bond acceptors (Lipinski definition) is 8. The number of H-pyrrole nitrogens is 1. The minimum absolute atomic E-state index is 0.192. The van der Waals surface area contributed by atoms with Gasteiger partial charge in [0, 0.05) is 41.8 Å². The molecule has 2 aromatic carbocycles. The Morgan fingerprint density at radius 3 is 2.80 bits per heavy atom. The van der Waals surface area contributed by atoms with Crippen LogP contribution in [0.25, 0.3) is 16.7 Å². The average Bonchev–Trinajstić information content (AvgIpc) is 3.20. The van der Waals surface area contributed by atoms with Crippen molar-refractivity contribution in [3.05, 3.63) is 66.6 Å². The van der Waals surface area contributed by atoms with Gasteiger partial charge in [-0.15, -0.1) is 5.10 Å². The van der Waals surface area contributed by atoms with Gasteiger partial charge in [0.2, 0.25) is 0 Å². The molecule has 150 valence electrons. The monoisotopic (exact) mass is 419 g/mol. The number of nitrogens with two attached hydrogens (primary N) is 1. The first kappa shape index (κ1) is 18.1. The number of rotatable bonds is 3. The number of aromatic amines is 1. The molecule has 0 bridgehead atoms. The summed E-state index contributed by atoms with van der Waals surface area (Å²) in [7, 11) is -3.48. The van der Waals surface area contributed by atoms with Gasteiger partial charge in [0.1, 0.15) is 5.52 Å². The van der Waals surface area contributed by atoms with E-state index < -0.39 is 9.84 Å². The zero-order chi connectivity index (χ0) is 20.9. The topological polar surface area (TPSA) is 130 Å².